The summed E-state index contributed by atoms with van der Waals surface area (Å²) in [5.41, 5.74) is 11.0. The van der Waals surface area contributed by atoms with Crippen LogP contribution in [0.15, 0.2) is 180 Å². The fourth-order valence-electron chi connectivity index (χ4n) is 6.54. The van der Waals surface area contributed by atoms with Gasteiger partial charge < -0.3 is 4.42 Å². The second-order valence-corrected chi connectivity index (χ2v) is 12.0. The molecule has 2 heterocycles. The minimum atomic E-state index is 0.610. The molecule has 0 amide bonds. The predicted octanol–water partition coefficient (Wildman–Crippen LogP) is 11.8. The molecule has 9 rings (SSSR count). The maximum Gasteiger partial charge on any atom is 0.164 e. The van der Waals surface area contributed by atoms with Gasteiger partial charge in [0.05, 0.1) is 0 Å². The van der Waals surface area contributed by atoms with Crippen LogP contribution in [0.5, 0.6) is 0 Å². The number of hydrogen-bond donors (Lipinski definition) is 0. The van der Waals surface area contributed by atoms with Crippen LogP contribution in [0.25, 0.3) is 89.5 Å². The Morgan fingerprint density at radius 3 is 1.24 bits per heavy atom. The summed E-state index contributed by atoms with van der Waals surface area (Å²) >= 11 is 0. The Morgan fingerprint density at radius 2 is 0.673 bits per heavy atom. The molecule has 9 aromatic rings. The summed E-state index contributed by atoms with van der Waals surface area (Å²) in [6.45, 7) is 0. The molecule has 0 unspecified atom stereocenters. The van der Waals surface area contributed by atoms with Gasteiger partial charge in [0, 0.05) is 38.6 Å². The van der Waals surface area contributed by atoms with Crippen molar-refractivity contribution >= 4 is 21.9 Å². The van der Waals surface area contributed by atoms with Crippen LogP contribution >= 0.6 is 0 Å². The monoisotopic (exact) mass is 627 g/mol. The molecule has 230 valence electrons. The van der Waals surface area contributed by atoms with Crippen molar-refractivity contribution in [3.63, 3.8) is 0 Å². The van der Waals surface area contributed by atoms with Crippen LogP contribution in [0.2, 0.25) is 0 Å². The van der Waals surface area contributed by atoms with Crippen LogP contribution in [0.3, 0.4) is 0 Å². The Hall–Kier alpha value is -6.65. The van der Waals surface area contributed by atoms with Gasteiger partial charge in [0.25, 0.3) is 0 Å². The van der Waals surface area contributed by atoms with Gasteiger partial charge in [-0.3, -0.25) is 0 Å². The van der Waals surface area contributed by atoms with Crippen molar-refractivity contribution in [1.82, 2.24) is 15.0 Å². The van der Waals surface area contributed by atoms with E-state index in [4.69, 9.17) is 19.4 Å². The number of nitrogens with zero attached hydrogens (tertiary/aromatic N) is 3. The zero-order valence-corrected chi connectivity index (χ0v) is 26.5. The molecule has 0 aliphatic rings. The second kappa shape index (κ2) is 12.2. The maximum atomic E-state index is 6.73. The van der Waals surface area contributed by atoms with Gasteiger partial charge >= 0.3 is 0 Å². The third kappa shape index (κ3) is 5.35. The van der Waals surface area contributed by atoms with E-state index in [1.807, 2.05) is 42.5 Å². The molecule has 0 fully saturated rings. The van der Waals surface area contributed by atoms with Crippen molar-refractivity contribution in [3.8, 4) is 67.5 Å². The quantitative estimate of drug-likeness (QED) is 0.184. The number of aromatic nitrogens is 3. The van der Waals surface area contributed by atoms with Gasteiger partial charge in [0.2, 0.25) is 0 Å². The fourth-order valence-corrected chi connectivity index (χ4v) is 6.54. The molecule has 4 heteroatoms. The lowest BCUT2D eigenvalue weighted by molar-refractivity contribution is 0.671. The molecule has 0 aliphatic carbocycles. The third-order valence-corrected chi connectivity index (χ3v) is 8.94. The minimum Gasteiger partial charge on any atom is -0.455 e. The molecular weight excluding hydrogens is 599 g/mol. The largest absolute Gasteiger partial charge is 0.455 e. The number of para-hydroxylation sites is 2. The third-order valence-electron chi connectivity index (χ3n) is 8.94. The van der Waals surface area contributed by atoms with Crippen molar-refractivity contribution in [2.24, 2.45) is 0 Å². The van der Waals surface area contributed by atoms with Crippen LogP contribution in [0.1, 0.15) is 0 Å². The highest BCUT2D eigenvalue weighted by Gasteiger charge is 2.17. The summed E-state index contributed by atoms with van der Waals surface area (Å²) in [7, 11) is 0. The van der Waals surface area contributed by atoms with Gasteiger partial charge in [-0.25, -0.2) is 15.0 Å². The second-order valence-electron chi connectivity index (χ2n) is 12.0. The minimum absolute atomic E-state index is 0.610. The number of furan rings is 1. The number of fused-ring (bicyclic) bond motifs is 3. The zero-order chi connectivity index (χ0) is 32.6. The lowest BCUT2D eigenvalue weighted by atomic mass is 9.99. The average Bonchev–Trinajstić information content (AvgIpc) is 3.58. The standard InChI is InChI=1S/C45H29N3O/c1-4-14-30(15-5-1)33-20-10-22-35(28-33)44-46-43(32-18-8-3-9-19-32)47-45(48-44)36-23-11-21-34(29-36)38-25-13-27-40-39-26-12-24-37(41(39)49-42(38)40)31-16-6-2-7-17-31/h1-29H. The summed E-state index contributed by atoms with van der Waals surface area (Å²) in [5.74, 6) is 1.86. The van der Waals surface area contributed by atoms with E-state index >= 15 is 0 Å². The Labute approximate surface area is 284 Å². The van der Waals surface area contributed by atoms with Crippen LogP contribution in [-0.4, -0.2) is 15.0 Å². The Morgan fingerprint density at radius 1 is 0.286 bits per heavy atom. The molecule has 2 aromatic heterocycles. The van der Waals surface area contributed by atoms with Gasteiger partial charge in [-0.05, 0) is 34.4 Å². The highest BCUT2D eigenvalue weighted by atomic mass is 16.3. The van der Waals surface area contributed by atoms with Gasteiger partial charge in [0.1, 0.15) is 11.2 Å². The molecule has 0 radical (unpaired) electrons. The predicted molar refractivity (Wildman–Crippen MR) is 200 cm³/mol. The van der Waals surface area contributed by atoms with Gasteiger partial charge in [-0.15, -0.1) is 0 Å². The van der Waals surface area contributed by atoms with Crippen LogP contribution in [0.4, 0.5) is 0 Å². The maximum absolute atomic E-state index is 6.73. The van der Waals surface area contributed by atoms with Crippen LogP contribution < -0.4 is 0 Å². The summed E-state index contributed by atoms with van der Waals surface area (Å²) in [5, 5.41) is 2.18. The molecule has 0 N–H and O–H groups in total. The fraction of sp³-hybridized carbons (Fsp3) is 0. The van der Waals surface area contributed by atoms with Gasteiger partial charge in [-0.2, -0.15) is 0 Å². The molecule has 7 aromatic carbocycles. The Kier molecular flexibility index (Phi) is 7.10. The first-order valence-electron chi connectivity index (χ1n) is 16.4. The summed E-state index contributed by atoms with van der Waals surface area (Å²) < 4.78 is 6.73. The van der Waals surface area contributed by atoms with Crippen LogP contribution in [-0.2, 0) is 0 Å². The van der Waals surface area contributed by atoms with E-state index in [-0.39, 0.29) is 0 Å². The lowest BCUT2D eigenvalue weighted by Crippen LogP contribution is -2.00. The van der Waals surface area contributed by atoms with E-state index in [9.17, 15) is 0 Å². The highest BCUT2D eigenvalue weighted by molar-refractivity contribution is 6.13. The molecule has 0 spiro atoms. The number of benzene rings is 7. The molecule has 0 atom stereocenters. The normalized spacial score (nSPS) is 11.3. The van der Waals surface area contributed by atoms with Crippen molar-refractivity contribution in [3.05, 3.63) is 176 Å². The van der Waals surface area contributed by atoms with E-state index in [1.165, 1.54) is 0 Å². The first-order chi connectivity index (χ1) is 24.3. The lowest BCUT2D eigenvalue weighted by Gasteiger charge is -2.11. The Balaban J connectivity index is 1.18. The zero-order valence-electron chi connectivity index (χ0n) is 26.5. The average molecular weight is 628 g/mol. The van der Waals surface area contributed by atoms with E-state index in [0.29, 0.717) is 17.5 Å². The smallest absolute Gasteiger partial charge is 0.164 e. The first kappa shape index (κ1) is 28.6. The molecule has 49 heavy (non-hydrogen) atoms. The molecule has 0 bridgehead atoms. The molecule has 0 aliphatic heterocycles. The van der Waals surface area contributed by atoms with Gasteiger partial charge in [0.15, 0.2) is 17.5 Å². The van der Waals surface area contributed by atoms with E-state index in [0.717, 1.165) is 72.0 Å². The van der Waals surface area contributed by atoms with E-state index < -0.39 is 0 Å². The Bertz CT molecular complexity index is 2590. The molecule has 0 saturated carbocycles. The van der Waals surface area contributed by atoms with Crippen molar-refractivity contribution in [2.45, 2.75) is 0 Å². The molecule has 0 saturated heterocycles. The van der Waals surface area contributed by atoms with Crippen molar-refractivity contribution in [1.29, 1.82) is 0 Å². The first-order valence-corrected chi connectivity index (χ1v) is 16.4. The number of rotatable bonds is 6. The SMILES string of the molecule is c1ccc(-c2cccc(-c3nc(-c4ccccc4)nc(-c4cccc(-c5cccc6c5oc5c(-c7ccccc7)cccc56)c4)n3)c2)cc1. The van der Waals surface area contributed by atoms with Crippen molar-refractivity contribution < 1.29 is 4.42 Å². The highest BCUT2D eigenvalue weighted by Crippen LogP contribution is 2.40. The van der Waals surface area contributed by atoms with E-state index in [2.05, 4.69) is 133 Å². The number of hydrogen-bond acceptors (Lipinski definition) is 4. The van der Waals surface area contributed by atoms with Crippen LogP contribution in [0, 0.1) is 0 Å². The van der Waals surface area contributed by atoms with E-state index in [1.54, 1.807) is 0 Å². The van der Waals surface area contributed by atoms with Crippen molar-refractivity contribution in [2.75, 3.05) is 0 Å². The molecule has 4 nitrogen and oxygen atoms in total. The summed E-state index contributed by atoms with van der Waals surface area (Å²) in [6.07, 6.45) is 0. The summed E-state index contributed by atoms with van der Waals surface area (Å²) in [4.78, 5) is 15.1. The topological polar surface area (TPSA) is 51.8 Å². The summed E-state index contributed by atoms with van der Waals surface area (Å²) in [6, 6.07) is 60.3. The van der Waals surface area contributed by atoms with Gasteiger partial charge in [-0.1, -0.05) is 164 Å². The molecular formula is C45H29N3O.